The SMILES string of the molecule is Cc1ccc(CNC(=O)c2cn3c4c(cc(CN5CCOCC5)cc4c2=O)NC(=O)C3C)cc1. The van der Waals surface area contributed by atoms with Crippen LogP contribution in [0.1, 0.15) is 40.0 Å². The summed E-state index contributed by atoms with van der Waals surface area (Å²) in [5.41, 5.74) is 3.96. The largest absolute Gasteiger partial charge is 0.379 e. The molecule has 2 aliphatic heterocycles. The monoisotopic (exact) mass is 460 g/mol. The van der Waals surface area contributed by atoms with E-state index in [0.717, 1.165) is 29.8 Å². The average Bonchev–Trinajstić information content (AvgIpc) is 2.83. The van der Waals surface area contributed by atoms with Crippen molar-refractivity contribution in [2.24, 2.45) is 0 Å². The number of nitrogens with one attached hydrogen (secondary N) is 2. The van der Waals surface area contributed by atoms with Crippen LogP contribution in [-0.4, -0.2) is 47.6 Å². The van der Waals surface area contributed by atoms with Crippen molar-refractivity contribution in [1.29, 1.82) is 0 Å². The molecule has 0 radical (unpaired) electrons. The minimum atomic E-state index is -0.538. The zero-order valence-electron chi connectivity index (χ0n) is 19.4. The number of nitrogens with zero attached hydrogens (tertiary/aromatic N) is 2. The first-order chi connectivity index (χ1) is 16.4. The molecule has 0 saturated carbocycles. The summed E-state index contributed by atoms with van der Waals surface area (Å²) in [6.07, 6.45) is 1.52. The molecule has 0 spiro atoms. The summed E-state index contributed by atoms with van der Waals surface area (Å²) >= 11 is 0. The van der Waals surface area contributed by atoms with E-state index in [1.165, 1.54) is 6.20 Å². The van der Waals surface area contributed by atoms with Crippen LogP contribution in [-0.2, 0) is 22.6 Å². The van der Waals surface area contributed by atoms with Gasteiger partial charge in [0.25, 0.3) is 5.91 Å². The number of ether oxygens (including phenoxy) is 1. The van der Waals surface area contributed by atoms with Crippen molar-refractivity contribution in [3.05, 3.63) is 75.1 Å². The number of aryl methyl sites for hydroxylation is 1. The Bertz CT molecular complexity index is 1320. The molecule has 3 heterocycles. The minimum Gasteiger partial charge on any atom is -0.379 e. The second kappa shape index (κ2) is 9.04. The molecule has 1 unspecified atom stereocenters. The van der Waals surface area contributed by atoms with Crippen molar-refractivity contribution in [1.82, 2.24) is 14.8 Å². The van der Waals surface area contributed by atoms with Crippen LogP contribution in [0.25, 0.3) is 10.9 Å². The molecule has 5 rings (SSSR count). The highest BCUT2D eigenvalue weighted by atomic mass is 16.5. The number of carbonyl (C=O) groups excluding carboxylic acids is 2. The van der Waals surface area contributed by atoms with Gasteiger partial charge in [-0.2, -0.15) is 0 Å². The highest BCUT2D eigenvalue weighted by Crippen LogP contribution is 2.32. The second-order valence-corrected chi connectivity index (χ2v) is 9.04. The first-order valence-electron chi connectivity index (χ1n) is 11.6. The van der Waals surface area contributed by atoms with Crippen molar-refractivity contribution in [2.75, 3.05) is 31.6 Å². The lowest BCUT2D eigenvalue weighted by molar-refractivity contribution is -0.118. The number of hydrogen-bond acceptors (Lipinski definition) is 5. The Morgan fingerprint density at radius 3 is 2.59 bits per heavy atom. The van der Waals surface area contributed by atoms with Gasteiger partial charge in [-0.05, 0) is 37.1 Å². The Morgan fingerprint density at radius 1 is 1.12 bits per heavy atom. The number of morpholine rings is 1. The molecule has 3 aromatic rings. The van der Waals surface area contributed by atoms with Gasteiger partial charge in [0.15, 0.2) is 0 Å². The van der Waals surface area contributed by atoms with Crippen molar-refractivity contribution in [2.45, 2.75) is 33.0 Å². The first kappa shape index (κ1) is 22.3. The van der Waals surface area contributed by atoms with Crippen LogP contribution in [0.5, 0.6) is 0 Å². The van der Waals surface area contributed by atoms with E-state index in [2.05, 4.69) is 15.5 Å². The van der Waals surface area contributed by atoms with E-state index < -0.39 is 11.9 Å². The Hall–Kier alpha value is -3.49. The molecule has 2 aromatic carbocycles. The van der Waals surface area contributed by atoms with Gasteiger partial charge in [0.1, 0.15) is 11.6 Å². The average molecular weight is 461 g/mol. The molecule has 8 nitrogen and oxygen atoms in total. The molecular formula is C26H28N4O4. The molecule has 8 heteroatoms. The van der Waals surface area contributed by atoms with Crippen LogP contribution in [0, 0.1) is 6.92 Å². The van der Waals surface area contributed by atoms with E-state index in [4.69, 9.17) is 4.74 Å². The lowest BCUT2D eigenvalue weighted by atomic mass is 10.0. The van der Waals surface area contributed by atoms with Crippen LogP contribution in [0.2, 0.25) is 0 Å². The Labute approximate surface area is 197 Å². The van der Waals surface area contributed by atoms with Gasteiger partial charge in [-0.3, -0.25) is 19.3 Å². The Balaban J connectivity index is 1.53. The third-order valence-corrected chi connectivity index (χ3v) is 6.57. The standard InChI is InChI=1S/C26H28N4O4/c1-16-3-5-18(6-4-16)13-27-26(33)21-15-30-17(2)25(32)28-22-12-19(11-20(23(22)30)24(21)31)14-29-7-9-34-10-8-29/h3-6,11-12,15,17H,7-10,13-14H2,1-2H3,(H,27,33)(H,28,32). The summed E-state index contributed by atoms with van der Waals surface area (Å²) in [4.78, 5) is 41.5. The number of carbonyl (C=O) groups is 2. The fraction of sp³-hybridized carbons (Fsp3) is 0.346. The number of benzene rings is 2. The van der Waals surface area contributed by atoms with Gasteiger partial charge in [0.2, 0.25) is 11.3 Å². The lowest BCUT2D eigenvalue weighted by Crippen LogP contribution is -2.36. The van der Waals surface area contributed by atoms with Crippen LogP contribution >= 0.6 is 0 Å². The molecule has 2 aliphatic rings. The topological polar surface area (TPSA) is 92.7 Å². The molecule has 2 amide bonds. The molecule has 0 bridgehead atoms. The number of rotatable bonds is 5. The summed E-state index contributed by atoms with van der Waals surface area (Å²) in [5.74, 6) is -0.624. The number of anilines is 1. The highest BCUT2D eigenvalue weighted by Gasteiger charge is 2.28. The molecular weight excluding hydrogens is 432 g/mol. The van der Waals surface area contributed by atoms with Gasteiger partial charge >= 0.3 is 0 Å². The van der Waals surface area contributed by atoms with Gasteiger partial charge in [-0.1, -0.05) is 29.8 Å². The van der Waals surface area contributed by atoms with E-state index in [0.29, 0.717) is 42.9 Å². The maximum Gasteiger partial charge on any atom is 0.257 e. The smallest absolute Gasteiger partial charge is 0.257 e. The Kier molecular flexibility index (Phi) is 5.93. The van der Waals surface area contributed by atoms with Crippen LogP contribution in [0.3, 0.4) is 0 Å². The summed E-state index contributed by atoms with van der Waals surface area (Å²) in [5, 5.41) is 6.23. The Morgan fingerprint density at radius 2 is 1.85 bits per heavy atom. The summed E-state index contributed by atoms with van der Waals surface area (Å²) in [6.45, 7) is 7.68. The minimum absolute atomic E-state index is 0.0376. The number of hydrogen-bond donors (Lipinski definition) is 2. The molecule has 0 aliphatic carbocycles. The fourth-order valence-electron chi connectivity index (χ4n) is 4.57. The maximum absolute atomic E-state index is 13.5. The summed E-state index contributed by atoms with van der Waals surface area (Å²) < 4.78 is 7.17. The van der Waals surface area contributed by atoms with Crippen molar-refractivity contribution in [3.8, 4) is 0 Å². The molecule has 1 atom stereocenters. The third-order valence-electron chi connectivity index (χ3n) is 6.57. The number of pyridine rings is 1. The van der Waals surface area contributed by atoms with E-state index >= 15 is 0 Å². The van der Waals surface area contributed by atoms with Gasteiger partial charge in [-0.25, -0.2) is 0 Å². The predicted molar refractivity (Wildman–Crippen MR) is 130 cm³/mol. The normalized spacial score (nSPS) is 18.1. The summed E-state index contributed by atoms with van der Waals surface area (Å²) in [6, 6.07) is 11.1. The van der Waals surface area contributed by atoms with E-state index in [-0.39, 0.29) is 16.9 Å². The van der Waals surface area contributed by atoms with Gasteiger partial charge < -0.3 is 19.9 Å². The zero-order chi connectivity index (χ0) is 23.8. The maximum atomic E-state index is 13.5. The molecule has 1 saturated heterocycles. The first-order valence-corrected chi connectivity index (χ1v) is 11.6. The molecule has 176 valence electrons. The lowest BCUT2D eigenvalue weighted by Gasteiger charge is -2.29. The van der Waals surface area contributed by atoms with Gasteiger partial charge in [0, 0.05) is 37.8 Å². The summed E-state index contributed by atoms with van der Waals surface area (Å²) in [7, 11) is 0. The number of amides is 2. The van der Waals surface area contributed by atoms with Crippen LogP contribution in [0.4, 0.5) is 5.69 Å². The fourth-order valence-corrected chi connectivity index (χ4v) is 4.57. The van der Waals surface area contributed by atoms with Crippen molar-refractivity contribution in [3.63, 3.8) is 0 Å². The molecule has 2 N–H and O–H groups in total. The van der Waals surface area contributed by atoms with E-state index in [1.54, 1.807) is 11.5 Å². The highest BCUT2D eigenvalue weighted by molar-refractivity contribution is 6.07. The van der Waals surface area contributed by atoms with Crippen molar-refractivity contribution < 1.29 is 14.3 Å². The third kappa shape index (κ3) is 4.22. The van der Waals surface area contributed by atoms with Crippen LogP contribution in [0.15, 0.2) is 47.4 Å². The van der Waals surface area contributed by atoms with Gasteiger partial charge in [-0.15, -0.1) is 0 Å². The molecule has 1 aromatic heterocycles. The molecule has 34 heavy (non-hydrogen) atoms. The number of aromatic nitrogens is 1. The van der Waals surface area contributed by atoms with E-state index in [9.17, 15) is 14.4 Å². The molecule has 1 fully saturated rings. The quantitative estimate of drug-likeness (QED) is 0.611. The second-order valence-electron chi connectivity index (χ2n) is 9.04. The zero-order valence-corrected chi connectivity index (χ0v) is 19.4. The predicted octanol–water partition coefficient (Wildman–Crippen LogP) is 2.59. The van der Waals surface area contributed by atoms with Gasteiger partial charge in [0.05, 0.1) is 24.4 Å². The van der Waals surface area contributed by atoms with Crippen molar-refractivity contribution >= 4 is 28.4 Å². The van der Waals surface area contributed by atoms with E-state index in [1.807, 2.05) is 43.3 Å². The van der Waals surface area contributed by atoms with Crippen LogP contribution < -0.4 is 16.1 Å².